The zero-order chi connectivity index (χ0) is 22.1. The zero-order valence-electron chi connectivity index (χ0n) is 16.7. The molecule has 2 amide bonds. The van der Waals surface area contributed by atoms with Gasteiger partial charge in [0.2, 0.25) is 0 Å². The second-order valence-electron chi connectivity index (χ2n) is 7.03. The van der Waals surface area contributed by atoms with Crippen LogP contribution in [-0.4, -0.2) is 38.4 Å². The molecule has 0 unspecified atom stereocenters. The van der Waals surface area contributed by atoms with Gasteiger partial charge in [-0.25, -0.2) is 18.0 Å². The second-order valence-corrected chi connectivity index (χ2v) is 8.99. The van der Waals surface area contributed by atoms with Gasteiger partial charge in [0.05, 0.1) is 29.4 Å². The topological polar surface area (TPSA) is 122 Å². The summed E-state index contributed by atoms with van der Waals surface area (Å²) in [5, 5.41) is 14.6. The highest BCUT2D eigenvalue weighted by molar-refractivity contribution is 7.91. The van der Waals surface area contributed by atoms with Gasteiger partial charge in [-0.05, 0) is 43.2 Å². The summed E-state index contributed by atoms with van der Waals surface area (Å²) in [6.45, 7) is 3.55. The van der Waals surface area contributed by atoms with Crippen molar-refractivity contribution in [2.75, 3.05) is 12.9 Å². The van der Waals surface area contributed by atoms with Crippen molar-refractivity contribution < 1.29 is 27.9 Å². The number of ether oxygens (including phenoxy) is 1. The Kier molecular flexibility index (Phi) is 5.84. The zero-order valence-corrected chi connectivity index (χ0v) is 17.5. The molecule has 0 spiro atoms. The van der Waals surface area contributed by atoms with Crippen molar-refractivity contribution in [1.29, 1.82) is 0 Å². The molecule has 0 fully saturated rings. The summed E-state index contributed by atoms with van der Waals surface area (Å²) in [5.41, 5.74) is 1.92. The first-order valence-electron chi connectivity index (χ1n) is 9.10. The fourth-order valence-corrected chi connectivity index (χ4v) is 5.00. The van der Waals surface area contributed by atoms with Crippen LogP contribution in [0.25, 0.3) is 0 Å². The molecule has 8 nitrogen and oxygen atoms in total. The fraction of sp³-hybridized carbons (Fsp3) is 0.238. The van der Waals surface area contributed by atoms with Gasteiger partial charge >= 0.3 is 12.0 Å². The number of carbonyl (C=O) groups excluding carboxylic acids is 2. The van der Waals surface area contributed by atoms with Crippen LogP contribution in [0.1, 0.15) is 22.7 Å². The first kappa shape index (κ1) is 21.4. The number of aromatic hydroxyl groups is 1. The third-order valence-corrected chi connectivity index (χ3v) is 6.58. The number of nitrogens with one attached hydrogen (secondary N) is 2. The Bertz CT molecular complexity index is 1140. The molecule has 2 aromatic rings. The number of aryl methyl sites for hydroxylation is 2. The van der Waals surface area contributed by atoms with E-state index in [4.69, 9.17) is 4.74 Å². The number of esters is 1. The Morgan fingerprint density at radius 1 is 1.13 bits per heavy atom. The largest absolute Gasteiger partial charge is 0.508 e. The molecule has 2 aromatic carbocycles. The summed E-state index contributed by atoms with van der Waals surface area (Å²) in [5.74, 6) is -1.34. The van der Waals surface area contributed by atoms with Crippen LogP contribution in [0.2, 0.25) is 0 Å². The molecular formula is C21H22N2O6S. The van der Waals surface area contributed by atoms with Crippen LogP contribution in [0.4, 0.5) is 4.79 Å². The molecule has 1 aliphatic heterocycles. The van der Waals surface area contributed by atoms with Crippen LogP contribution < -0.4 is 10.6 Å². The van der Waals surface area contributed by atoms with Gasteiger partial charge in [-0.15, -0.1) is 0 Å². The SMILES string of the molecule is COC(=O)C1=C(CS(=O)(=O)c2ccc(C)cc2C)NC(=O)N[C@H]1c1ccc(O)cc1. The molecule has 0 aromatic heterocycles. The van der Waals surface area contributed by atoms with Crippen molar-refractivity contribution >= 4 is 21.8 Å². The van der Waals surface area contributed by atoms with Crippen molar-refractivity contribution in [3.05, 3.63) is 70.4 Å². The molecular weight excluding hydrogens is 408 g/mol. The summed E-state index contributed by atoms with van der Waals surface area (Å²) in [6, 6.07) is 9.25. The van der Waals surface area contributed by atoms with Crippen LogP contribution >= 0.6 is 0 Å². The summed E-state index contributed by atoms with van der Waals surface area (Å²) in [6.07, 6.45) is 0. The highest BCUT2D eigenvalue weighted by atomic mass is 32.2. The average molecular weight is 430 g/mol. The Hall–Kier alpha value is -3.33. The second kappa shape index (κ2) is 8.19. The van der Waals surface area contributed by atoms with Gasteiger partial charge in [0, 0.05) is 5.70 Å². The van der Waals surface area contributed by atoms with Gasteiger partial charge in [0.25, 0.3) is 0 Å². The van der Waals surface area contributed by atoms with E-state index in [1.807, 2.05) is 6.92 Å². The van der Waals surface area contributed by atoms with E-state index >= 15 is 0 Å². The molecule has 0 bridgehead atoms. The third kappa shape index (κ3) is 4.30. The van der Waals surface area contributed by atoms with E-state index in [-0.39, 0.29) is 21.9 Å². The molecule has 1 aliphatic rings. The van der Waals surface area contributed by atoms with Crippen molar-refractivity contribution in [3.63, 3.8) is 0 Å². The van der Waals surface area contributed by atoms with Gasteiger partial charge in [-0.2, -0.15) is 0 Å². The van der Waals surface area contributed by atoms with Gasteiger partial charge in [-0.1, -0.05) is 29.8 Å². The Balaban J connectivity index is 2.11. The van der Waals surface area contributed by atoms with E-state index in [2.05, 4.69) is 10.6 Å². The number of methoxy groups -OCH3 is 1. The number of benzene rings is 2. The van der Waals surface area contributed by atoms with Crippen molar-refractivity contribution in [2.45, 2.75) is 24.8 Å². The van der Waals surface area contributed by atoms with Crippen LogP contribution in [0.3, 0.4) is 0 Å². The first-order chi connectivity index (χ1) is 14.1. The van der Waals surface area contributed by atoms with Crippen molar-refractivity contribution in [1.82, 2.24) is 10.6 Å². The smallest absolute Gasteiger partial charge is 0.338 e. The molecule has 158 valence electrons. The van der Waals surface area contributed by atoms with Crippen LogP contribution in [0, 0.1) is 13.8 Å². The van der Waals surface area contributed by atoms with Gasteiger partial charge < -0.3 is 20.5 Å². The molecule has 1 heterocycles. The quantitative estimate of drug-likeness (QED) is 0.626. The lowest BCUT2D eigenvalue weighted by atomic mass is 9.95. The maximum atomic E-state index is 13.1. The Labute approximate surface area is 174 Å². The van der Waals surface area contributed by atoms with E-state index in [0.29, 0.717) is 11.1 Å². The third-order valence-electron chi connectivity index (χ3n) is 4.79. The molecule has 3 N–H and O–H groups in total. The minimum Gasteiger partial charge on any atom is -0.508 e. The summed E-state index contributed by atoms with van der Waals surface area (Å²) in [4.78, 5) is 24.9. The molecule has 9 heteroatoms. The molecule has 30 heavy (non-hydrogen) atoms. The predicted octanol–water partition coefficient (Wildman–Crippen LogP) is 2.26. The molecule has 0 saturated carbocycles. The first-order valence-corrected chi connectivity index (χ1v) is 10.8. The molecule has 0 radical (unpaired) electrons. The maximum absolute atomic E-state index is 13.1. The van der Waals surface area contributed by atoms with Crippen LogP contribution in [-0.2, 0) is 19.4 Å². The van der Waals surface area contributed by atoms with Crippen LogP contribution in [0.5, 0.6) is 5.75 Å². The number of sulfone groups is 1. The summed E-state index contributed by atoms with van der Waals surface area (Å²) >= 11 is 0. The molecule has 1 atom stereocenters. The Morgan fingerprint density at radius 2 is 1.80 bits per heavy atom. The number of urea groups is 1. The number of phenols is 1. The van der Waals surface area contributed by atoms with Gasteiger partial charge in [0.15, 0.2) is 9.84 Å². The van der Waals surface area contributed by atoms with Crippen molar-refractivity contribution in [3.8, 4) is 5.75 Å². The number of rotatable bonds is 5. The normalized spacial score (nSPS) is 16.6. The monoisotopic (exact) mass is 430 g/mol. The van der Waals surface area contributed by atoms with Gasteiger partial charge in [0.1, 0.15) is 5.75 Å². The average Bonchev–Trinajstić information content (AvgIpc) is 2.67. The van der Waals surface area contributed by atoms with E-state index in [1.165, 1.54) is 37.4 Å². The number of carbonyl (C=O) groups is 2. The standard InChI is InChI=1S/C21H22N2O6S/c1-12-4-9-17(13(2)10-12)30(27,28)11-16-18(20(25)29-3)19(23-21(26)22-16)14-5-7-15(24)8-6-14/h4-10,19,24H,11H2,1-3H3,(H2,22,23,26)/t19-/m0/s1. The molecule has 3 rings (SSSR count). The summed E-state index contributed by atoms with van der Waals surface area (Å²) < 4.78 is 31.0. The number of phenolic OH excluding ortho intramolecular Hbond substituents is 1. The molecule has 0 aliphatic carbocycles. The number of amides is 2. The highest BCUT2D eigenvalue weighted by Crippen LogP contribution is 2.30. The lowest BCUT2D eigenvalue weighted by Gasteiger charge is -2.29. The summed E-state index contributed by atoms with van der Waals surface area (Å²) in [7, 11) is -2.69. The Morgan fingerprint density at radius 3 is 2.40 bits per heavy atom. The van der Waals surface area contributed by atoms with Crippen molar-refractivity contribution in [2.24, 2.45) is 0 Å². The number of hydrogen-bond donors (Lipinski definition) is 3. The van der Waals surface area contributed by atoms with E-state index in [9.17, 15) is 23.1 Å². The lowest BCUT2D eigenvalue weighted by Crippen LogP contribution is -2.47. The van der Waals surface area contributed by atoms with E-state index < -0.39 is 33.6 Å². The minimum absolute atomic E-state index is 0.0141. The molecule has 0 saturated heterocycles. The maximum Gasteiger partial charge on any atom is 0.338 e. The minimum atomic E-state index is -3.87. The fourth-order valence-electron chi connectivity index (χ4n) is 3.42. The lowest BCUT2D eigenvalue weighted by molar-refractivity contribution is -0.136. The van der Waals surface area contributed by atoms with Crippen LogP contribution in [0.15, 0.2) is 58.6 Å². The number of hydrogen-bond acceptors (Lipinski definition) is 6. The highest BCUT2D eigenvalue weighted by Gasteiger charge is 2.35. The van der Waals surface area contributed by atoms with E-state index in [0.717, 1.165) is 5.56 Å². The van der Waals surface area contributed by atoms with E-state index in [1.54, 1.807) is 19.1 Å². The predicted molar refractivity (Wildman–Crippen MR) is 110 cm³/mol. The van der Waals surface area contributed by atoms with Gasteiger partial charge in [-0.3, -0.25) is 0 Å².